The second-order valence-corrected chi connectivity index (χ2v) is 4.35. The fourth-order valence-electron chi connectivity index (χ4n) is 2.24. The Morgan fingerprint density at radius 3 is 2.85 bits per heavy atom. The van der Waals surface area contributed by atoms with Crippen molar-refractivity contribution in [1.82, 2.24) is 9.80 Å². The van der Waals surface area contributed by atoms with E-state index >= 15 is 0 Å². The smallest absolute Gasteiger partial charge is 0.0634 e. The van der Waals surface area contributed by atoms with Crippen molar-refractivity contribution in [2.75, 3.05) is 39.4 Å². The Labute approximate surface area is 80.6 Å². The highest BCUT2D eigenvalue weighted by Gasteiger charge is 2.30. The minimum absolute atomic E-state index is 0.657. The number of piperazine rings is 1. The van der Waals surface area contributed by atoms with Crippen molar-refractivity contribution in [1.29, 1.82) is 0 Å². The van der Waals surface area contributed by atoms with Crippen LogP contribution >= 0.6 is 0 Å². The zero-order valence-corrected chi connectivity index (χ0v) is 8.70. The topological polar surface area (TPSA) is 15.7 Å². The molecule has 1 unspecified atom stereocenters. The van der Waals surface area contributed by atoms with Crippen LogP contribution in [0.15, 0.2) is 0 Å². The van der Waals surface area contributed by atoms with Gasteiger partial charge in [-0.2, -0.15) is 0 Å². The largest absolute Gasteiger partial charge is 0.378 e. The Morgan fingerprint density at radius 2 is 2.08 bits per heavy atom. The third-order valence-corrected chi connectivity index (χ3v) is 3.20. The summed E-state index contributed by atoms with van der Waals surface area (Å²) < 4.78 is 5.50. The lowest BCUT2D eigenvalue weighted by Gasteiger charge is -2.45. The van der Waals surface area contributed by atoms with E-state index in [1.165, 1.54) is 19.6 Å². The summed E-state index contributed by atoms with van der Waals surface area (Å²) in [6, 6.07) is 1.34. The molecule has 0 aromatic carbocycles. The van der Waals surface area contributed by atoms with Gasteiger partial charge >= 0.3 is 0 Å². The molecule has 0 aromatic rings. The Kier molecular flexibility index (Phi) is 2.86. The molecule has 0 radical (unpaired) electrons. The summed E-state index contributed by atoms with van der Waals surface area (Å²) >= 11 is 0. The summed E-state index contributed by atoms with van der Waals surface area (Å²) in [5.74, 6) is 0. The molecule has 0 spiro atoms. The van der Waals surface area contributed by atoms with E-state index in [4.69, 9.17) is 4.74 Å². The SMILES string of the molecule is CC(C)N1CCN2CCOCC2C1. The highest BCUT2D eigenvalue weighted by atomic mass is 16.5. The van der Waals surface area contributed by atoms with Gasteiger partial charge in [-0.15, -0.1) is 0 Å². The van der Waals surface area contributed by atoms with Gasteiger partial charge in [0.05, 0.1) is 13.2 Å². The van der Waals surface area contributed by atoms with Gasteiger partial charge in [-0.05, 0) is 13.8 Å². The van der Waals surface area contributed by atoms with Crippen LogP contribution in [0.2, 0.25) is 0 Å². The van der Waals surface area contributed by atoms with Crippen molar-refractivity contribution in [2.24, 2.45) is 0 Å². The zero-order valence-electron chi connectivity index (χ0n) is 8.70. The Hall–Kier alpha value is -0.120. The van der Waals surface area contributed by atoms with Crippen molar-refractivity contribution in [3.05, 3.63) is 0 Å². The Bertz CT molecular complexity index is 172. The summed E-state index contributed by atoms with van der Waals surface area (Å²) in [5.41, 5.74) is 0. The molecular weight excluding hydrogens is 164 g/mol. The first-order valence-electron chi connectivity index (χ1n) is 5.33. The minimum atomic E-state index is 0.657. The van der Waals surface area contributed by atoms with Gasteiger partial charge in [0.1, 0.15) is 0 Å². The lowest BCUT2D eigenvalue weighted by molar-refractivity contribution is -0.0501. The van der Waals surface area contributed by atoms with E-state index in [0.717, 1.165) is 19.8 Å². The van der Waals surface area contributed by atoms with Crippen LogP contribution in [0.5, 0.6) is 0 Å². The fraction of sp³-hybridized carbons (Fsp3) is 1.00. The Morgan fingerprint density at radius 1 is 1.23 bits per heavy atom. The highest BCUT2D eigenvalue weighted by molar-refractivity contribution is 4.85. The van der Waals surface area contributed by atoms with Crippen LogP contribution in [-0.4, -0.2) is 61.3 Å². The molecule has 0 bridgehead atoms. The second kappa shape index (κ2) is 3.95. The van der Waals surface area contributed by atoms with E-state index < -0.39 is 0 Å². The second-order valence-electron chi connectivity index (χ2n) is 4.35. The summed E-state index contributed by atoms with van der Waals surface area (Å²) in [6.07, 6.45) is 0. The average Bonchev–Trinajstić information content (AvgIpc) is 2.17. The highest BCUT2D eigenvalue weighted by Crippen LogP contribution is 2.15. The quantitative estimate of drug-likeness (QED) is 0.587. The first-order chi connectivity index (χ1) is 6.27. The standard InChI is InChI=1S/C10H20N2O/c1-9(2)12-4-3-11-5-6-13-8-10(11)7-12/h9-10H,3-8H2,1-2H3. The molecule has 0 aromatic heterocycles. The zero-order chi connectivity index (χ0) is 9.26. The predicted octanol–water partition coefficient (Wildman–Crippen LogP) is 0.411. The molecule has 13 heavy (non-hydrogen) atoms. The van der Waals surface area contributed by atoms with Crippen LogP contribution in [0.3, 0.4) is 0 Å². The van der Waals surface area contributed by atoms with Crippen molar-refractivity contribution in [3.63, 3.8) is 0 Å². The molecule has 2 heterocycles. The van der Waals surface area contributed by atoms with E-state index in [-0.39, 0.29) is 0 Å². The molecule has 76 valence electrons. The van der Waals surface area contributed by atoms with Crippen molar-refractivity contribution >= 4 is 0 Å². The van der Waals surface area contributed by atoms with Gasteiger partial charge in [0.15, 0.2) is 0 Å². The van der Waals surface area contributed by atoms with Crippen LogP contribution in [-0.2, 0) is 4.74 Å². The summed E-state index contributed by atoms with van der Waals surface area (Å²) in [4.78, 5) is 5.12. The molecule has 3 nitrogen and oxygen atoms in total. The van der Waals surface area contributed by atoms with E-state index in [2.05, 4.69) is 23.6 Å². The third kappa shape index (κ3) is 2.03. The average molecular weight is 184 g/mol. The number of nitrogens with zero attached hydrogens (tertiary/aromatic N) is 2. The van der Waals surface area contributed by atoms with Gasteiger partial charge in [-0.1, -0.05) is 0 Å². The maximum atomic E-state index is 5.50. The molecule has 2 aliphatic rings. The summed E-state index contributed by atoms with van der Waals surface area (Å²) in [6.45, 7) is 11.2. The van der Waals surface area contributed by atoms with E-state index in [1.807, 2.05) is 0 Å². The lowest BCUT2D eigenvalue weighted by atomic mass is 10.1. The predicted molar refractivity (Wildman–Crippen MR) is 52.9 cm³/mol. The van der Waals surface area contributed by atoms with Crippen LogP contribution in [0.1, 0.15) is 13.8 Å². The van der Waals surface area contributed by atoms with Crippen molar-refractivity contribution in [2.45, 2.75) is 25.9 Å². The van der Waals surface area contributed by atoms with E-state index in [9.17, 15) is 0 Å². The van der Waals surface area contributed by atoms with Crippen molar-refractivity contribution in [3.8, 4) is 0 Å². The molecule has 2 saturated heterocycles. The normalized spacial score (nSPS) is 32.1. The molecule has 1 atom stereocenters. The molecule has 3 heteroatoms. The molecule has 2 rings (SSSR count). The maximum Gasteiger partial charge on any atom is 0.0634 e. The molecule has 0 amide bonds. The lowest BCUT2D eigenvalue weighted by Crippen LogP contribution is -2.59. The van der Waals surface area contributed by atoms with E-state index in [0.29, 0.717) is 12.1 Å². The van der Waals surface area contributed by atoms with Gasteiger partial charge in [0.25, 0.3) is 0 Å². The molecule has 0 aliphatic carbocycles. The summed E-state index contributed by atoms with van der Waals surface area (Å²) in [7, 11) is 0. The first-order valence-corrected chi connectivity index (χ1v) is 5.33. The van der Waals surface area contributed by atoms with Gasteiger partial charge in [0.2, 0.25) is 0 Å². The molecule has 0 N–H and O–H groups in total. The molecule has 2 fully saturated rings. The van der Waals surface area contributed by atoms with E-state index in [1.54, 1.807) is 0 Å². The first kappa shape index (κ1) is 9.44. The van der Waals surface area contributed by atoms with Gasteiger partial charge in [-0.3, -0.25) is 9.80 Å². The van der Waals surface area contributed by atoms with Gasteiger partial charge < -0.3 is 4.74 Å². The monoisotopic (exact) mass is 184 g/mol. The number of hydrogen-bond acceptors (Lipinski definition) is 3. The number of rotatable bonds is 1. The van der Waals surface area contributed by atoms with Crippen molar-refractivity contribution < 1.29 is 4.74 Å². The van der Waals surface area contributed by atoms with Gasteiger partial charge in [-0.25, -0.2) is 0 Å². The van der Waals surface area contributed by atoms with Crippen LogP contribution in [0, 0.1) is 0 Å². The van der Waals surface area contributed by atoms with Crippen LogP contribution in [0.25, 0.3) is 0 Å². The minimum Gasteiger partial charge on any atom is -0.378 e. The maximum absolute atomic E-state index is 5.50. The van der Waals surface area contributed by atoms with Crippen LogP contribution < -0.4 is 0 Å². The van der Waals surface area contributed by atoms with Crippen LogP contribution in [0.4, 0.5) is 0 Å². The molecule has 2 aliphatic heterocycles. The number of fused-ring (bicyclic) bond motifs is 1. The number of ether oxygens (including phenoxy) is 1. The molecule has 0 saturated carbocycles. The Balaban J connectivity index is 1.91. The molecular formula is C10H20N2O. The van der Waals surface area contributed by atoms with Gasteiger partial charge in [0, 0.05) is 38.3 Å². The number of morpholine rings is 1. The fourth-order valence-corrected chi connectivity index (χ4v) is 2.24. The third-order valence-electron chi connectivity index (χ3n) is 3.20. The number of hydrogen-bond donors (Lipinski definition) is 0. The summed E-state index contributed by atoms with van der Waals surface area (Å²) in [5, 5.41) is 0.